The van der Waals surface area contributed by atoms with Crippen LogP contribution in [0.3, 0.4) is 0 Å². The molecule has 0 aliphatic rings. The molecule has 0 radical (unpaired) electrons. The number of carbonyl (C=O) groups excluding carboxylic acids is 1. The van der Waals surface area contributed by atoms with Crippen molar-refractivity contribution < 1.29 is 22.3 Å². The van der Waals surface area contributed by atoms with Gasteiger partial charge in [-0.15, -0.1) is 0 Å². The van der Waals surface area contributed by atoms with Crippen LogP contribution in [-0.2, 0) is 19.6 Å². The van der Waals surface area contributed by atoms with Gasteiger partial charge in [-0.05, 0) is 42.5 Å². The van der Waals surface area contributed by atoms with E-state index in [1.54, 1.807) is 0 Å². The number of halogens is 3. The van der Waals surface area contributed by atoms with Gasteiger partial charge in [0.1, 0.15) is 12.4 Å². The number of benzene rings is 2. The van der Waals surface area contributed by atoms with Gasteiger partial charge in [-0.2, -0.15) is 0 Å². The van der Waals surface area contributed by atoms with Crippen LogP contribution < -0.4 is 4.31 Å². The maximum Gasteiger partial charge on any atom is 0.326 e. The standard InChI is InChI=1S/C15H12Cl2FNO4S/c1-23-15(20)9-19(14-7-2-10(16)8-13(14)17)24(21,22)12-5-3-11(18)4-6-12/h2-8H,9H2,1H3. The molecule has 0 bridgehead atoms. The average molecular weight is 392 g/mol. The number of ether oxygens (including phenoxy) is 1. The predicted octanol–water partition coefficient (Wildman–Crippen LogP) is 3.50. The summed E-state index contributed by atoms with van der Waals surface area (Å²) in [6.07, 6.45) is 0. The van der Waals surface area contributed by atoms with Crippen LogP contribution in [-0.4, -0.2) is 28.0 Å². The lowest BCUT2D eigenvalue weighted by atomic mass is 10.3. The van der Waals surface area contributed by atoms with Crippen molar-refractivity contribution in [3.63, 3.8) is 0 Å². The zero-order valence-electron chi connectivity index (χ0n) is 12.4. The smallest absolute Gasteiger partial charge is 0.326 e. The Morgan fingerprint density at radius 3 is 2.33 bits per heavy atom. The van der Waals surface area contributed by atoms with E-state index in [0.29, 0.717) is 5.02 Å². The normalized spacial score (nSPS) is 11.2. The minimum Gasteiger partial charge on any atom is -0.468 e. The number of nitrogens with zero attached hydrogens (tertiary/aromatic N) is 1. The molecule has 0 aromatic heterocycles. The van der Waals surface area contributed by atoms with E-state index in [1.165, 1.54) is 18.2 Å². The minimum atomic E-state index is -4.17. The molecule has 128 valence electrons. The fourth-order valence-corrected chi connectivity index (χ4v) is 3.89. The Labute approximate surface area is 148 Å². The summed E-state index contributed by atoms with van der Waals surface area (Å²) in [6, 6.07) is 8.36. The summed E-state index contributed by atoms with van der Waals surface area (Å²) in [6.45, 7) is -0.600. The van der Waals surface area contributed by atoms with Crippen molar-refractivity contribution in [1.29, 1.82) is 0 Å². The first-order chi connectivity index (χ1) is 11.3. The van der Waals surface area contributed by atoms with Crippen molar-refractivity contribution in [2.45, 2.75) is 4.90 Å². The molecule has 0 saturated heterocycles. The van der Waals surface area contributed by atoms with E-state index in [9.17, 15) is 17.6 Å². The second-order valence-corrected chi connectivity index (χ2v) is 7.34. The van der Waals surface area contributed by atoms with E-state index in [-0.39, 0.29) is 15.6 Å². The van der Waals surface area contributed by atoms with Crippen LogP contribution in [0.15, 0.2) is 47.4 Å². The van der Waals surface area contributed by atoms with E-state index in [0.717, 1.165) is 35.7 Å². The van der Waals surface area contributed by atoms with Gasteiger partial charge in [0.2, 0.25) is 0 Å². The molecular formula is C15H12Cl2FNO4S. The van der Waals surface area contributed by atoms with E-state index < -0.39 is 28.4 Å². The number of carbonyl (C=O) groups is 1. The van der Waals surface area contributed by atoms with Gasteiger partial charge in [0.05, 0.1) is 22.7 Å². The number of anilines is 1. The summed E-state index contributed by atoms with van der Waals surface area (Å²) >= 11 is 11.9. The average Bonchev–Trinajstić information content (AvgIpc) is 2.53. The van der Waals surface area contributed by atoms with Gasteiger partial charge < -0.3 is 4.74 Å². The molecule has 2 rings (SSSR count). The van der Waals surface area contributed by atoms with E-state index in [4.69, 9.17) is 23.2 Å². The van der Waals surface area contributed by atoms with Crippen molar-refractivity contribution in [3.05, 3.63) is 58.3 Å². The Bertz CT molecular complexity index is 856. The molecule has 0 unspecified atom stereocenters. The molecule has 0 fully saturated rings. The first kappa shape index (κ1) is 18.5. The molecule has 0 N–H and O–H groups in total. The molecule has 0 aliphatic heterocycles. The quantitative estimate of drug-likeness (QED) is 0.731. The lowest BCUT2D eigenvalue weighted by Crippen LogP contribution is -2.36. The zero-order valence-corrected chi connectivity index (χ0v) is 14.7. The third-order valence-electron chi connectivity index (χ3n) is 3.08. The summed E-state index contributed by atoms with van der Waals surface area (Å²) in [5.74, 6) is -1.37. The summed E-state index contributed by atoms with van der Waals surface area (Å²) in [5.41, 5.74) is 0.0517. The summed E-state index contributed by atoms with van der Waals surface area (Å²) in [4.78, 5) is 11.5. The van der Waals surface area contributed by atoms with Crippen molar-refractivity contribution in [3.8, 4) is 0 Å². The molecule has 24 heavy (non-hydrogen) atoms. The Morgan fingerprint density at radius 1 is 1.17 bits per heavy atom. The van der Waals surface area contributed by atoms with Gasteiger partial charge in [0.25, 0.3) is 10.0 Å². The second kappa shape index (κ2) is 7.38. The maximum atomic E-state index is 13.1. The van der Waals surface area contributed by atoms with Gasteiger partial charge >= 0.3 is 5.97 Å². The molecule has 0 amide bonds. The number of esters is 1. The fraction of sp³-hybridized carbons (Fsp3) is 0.133. The molecular weight excluding hydrogens is 380 g/mol. The molecule has 0 saturated carbocycles. The van der Waals surface area contributed by atoms with Crippen molar-refractivity contribution >= 4 is 44.9 Å². The lowest BCUT2D eigenvalue weighted by Gasteiger charge is -2.24. The first-order valence-corrected chi connectivity index (χ1v) is 8.75. The Morgan fingerprint density at radius 2 is 1.79 bits per heavy atom. The topological polar surface area (TPSA) is 63.7 Å². The Balaban J connectivity index is 2.57. The maximum absolute atomic E-state index is 13.1. The third-order valence-corrected chi connectivity index (χ3v) is 5.39. The van der Waals surface area contributed by atoms with Crippen molar-refractivity contribution in [2.75, 3.05) is 18.0 Å². The SMILES string of the molecule is COC(=O)CN(c1ccc(Cl)cc1Cl)S(=O)(=O)c1ccc(F)cc1. The highest BCUT2D eigenvalue weighted by molar-refractivity contribution is 7.92. The van der Waals surface area contributed by atoms with E-state index >= 15 is 0 Å². The van der Waals surface area contributed by atoms with Crippen LogP contribution in [0.2, 0.25) is 10.0 Å². The van der Waals surface area contributed by atoms with Crippen LogP contribution in [0, 0.1) is 5.82 Å². The first-order valence-electron chi connectivity index (χ1n) is 6.56. The van der Waals surface area contributed by atoms with Crippen molar-refractivity contribution in [1.82, 2.24) is 0 Å². The Kier molecular flexibility index (Phi) is 5.69. The summed E-state index contributed by atoms with van der Waals surface area (Å²) in [7, 11) is -3.04. The lowest BCUT2D eigenvalue weighted by molar-refractivity contribution is -0.138. The fourth-order valence-electron chi connectivity index (χ4n) is 1.90. The molecule has 0 spiro atoms. The predicted molar refractivity (Wildman–Crippen MR) is 89.4 cm³/mol. The van der Waals surface area contributed by atoms with Crippen LogP contribution in [0.25, 0.3) is 0 Å². The molecule has 2 aromatic carbocycles. The van der Waals surface area contributed by atoms with Crippen LogP contribution in [0.4, 0.5) is 10.1 Å². The van der Waals surface area contributed by atoms with Gasteiger partial charge in [-0.1, -0.05) is 23.2 Å². The molecule has 2 aromatic rings. The zero-order chi connectivity index (χ0) is 17.9. The van der Waals surface area contributed by atoms with Gasteiger partial charge in [0.15, 0.2) is 0 Å². The Hall–Kier alpha value is -1.83. The highest BCUT2D eigenvalue weighted by Gasteiger charge is 2.29. The number of hydrogen-bond donors (Lipinski definition) is 0. The number of sulfonamides is 1. The summed E-state index contributed by atoms with van der Waals surface area (Å²) < 4.78 is 44.1. The number of rotatable bonds is 5. The minimum absolute atomic E-state index is 0.0390. The van der Waals surface area contributed by atoms with E-state index in [1.807, 2.05) is 0 Å². The highest BCUT2D eigenvalue weighted by atomic mass is 35.5. The van der Waals surface area contributed by atoms with Crippen molar-refractivity contribution in [2.24, 2.45) is 0 Å². The number of hydrogen-bond acceptors (Lipinski definition) is 4. The molecule has 0 atom stereocenters. The number of methoxy groups -OCH3 is 1. The van der Waals surface area contributed by atoms with Crippen LogP contribution >= 0.6 is 23.2 Å². The van der Waals surface area contributed by atoms with Gasteiger partial charge in [-0.25, -0.2) is 12.8 Å². The van der Waals surface area contributed by atoms with Gasteiger partial charge in [0, 0.05) is 5.02 Å². The largest absolute Gasteiger partial charge is 0.468 e. The molecule has 5 nitrogen and oxygen atoms in total. The molecule has 0 heterocycles. The van der Waals surface area contributed by atoms with Gasteiger partial charge in [-0.3, -0.25) is 9.10 Å². The second-order valence-electron chi connectivity index (χ2n) is 4.64. The van der Waals surface area contributed by atoms with Crippen LogP contribution in [0.5, 0.6) is 0 Å². The van der Waals surface area contributed by atoms with Crippen LogP contribution in [0.1, 0.15) is 0 Å². The summed E-state index contributed by atoms with van der Waals surface area (Å²) in [5, 5.41) is 0.345. The molecule has 0 aliphatic carbocycles. The van der Waals surface area contributed by atoms with E-state index in [2.05, 4.69) is 4.74 Å². The molecule has 9 heteroatoms. The third kappa shape index (κ3) is 3.98. The highest BCUT2D eigenvalue weighted by Crippen LogP contribution is 2.32. The monoisotopic (exact) mass is 391 g/mol.